The van der Waals surface area contributed by atoms with Crippen LogP contribution in [0.25, 0.3) is 0 Å². The van der Waals surface area contributed by atoms with Crippen LogP contribution in [0.5, 0.6) is 0 Å². The van der Waals surface area contributed by atoms with E-state index < -0.39 is 11.7 Å². The molecule has 0 radical (unpaired) electrons. The molecule has 0 saturated heterocycles. The second-order valence-electron chi connectivity index (χ2n) is 2.93. The summed E-state index contributed by atoms with van der Waals surface area (Å²) in [5.41, 5.74) is 4.84. The number of hydrogen-bond donors (Lipinski definition) is 2. The average Bonchev–Trinajstić information content (AvgIpc) is 2.19. The van der Waals surface area contributed by atoms with E-state index in [1.807, 2.05) is 0 Å². The highest BCUT2D eigenvalue weighted by atomic mass is 79.9. The lowest BCUT2D eigenvalue weighted by Crippen LogP contribution is -2.22. The van der Waals surface area contributed by atoms with Gasteiger partial charge >= 0.3 is 6.18 Å². The predicted octanol–water partition coefficient (Wildman–Crippen LogP) is 2.82. The van der Waals surface area contributed by atoms with Gasteiger partial charge in [0.25, 0.3) is 0 Å². The van der Waals surface area contributed by atoms with Crippen molar-refractivity contribution < 1.29 is 13.2 Å². The topological polar surface area (TPSA) is 50.4 Å². The summed E-state index contributed by atoms with van der Waals surface area (Å²) in [7, 11) is 1.43. The molecule has 0 spiro atoms. The number of halogens is 4. The average molecular weight is 296 g/mol. The van der Waals surface area contributed by atoms with E-state index in [0.29, 0.717) is 4.47 Å². The first-order chi connectivity index (χ1) is 7.34. The van der Waals surface area contributed by atoms with Gasteiger partial charge in [0.1, 0.15) is 0 Å². The van der Waals surface area contributed by atoms with E-state index in [4.69, 9.17) is 5.73 Å². The summed E-state index contributed by atoms with van der Waals surface area (Å²) >= 11 is 3.11. The van der Waals surface area contributed by atoms with E-state index in [0.717, 1.165) is 12.1 Å². The van der Waals surface area contributed by atoms with Crippen LogP contribution in [-0.4, -0.2) is 13.0 Å². The van der Waals surface area contributed by atoms with Gasteiger partial charge in [0, 0.05) is 11.5 Å². The van der Waals surface area contributed by atoms with Crippen molar-refractivity contribution in [2.45, 2.75) is 6.18 Å². The van der Waals surface area contributed by atoms with Gasteiger partial charge in [-0.05, 0) is 34.1 Å². The summed E-state index contributed by atoms with van der Waals surface area (Å²) in [6, 6.07) is 3.24. The van der Waals surface area contributed by atoms with Crippen LogP contribution < -0.4 is 11.1 Å². The molecule has 7 heteroatoms. The third-order valence-corrected chi connectivity index (χ3v) is 2.49. The molecule has 0 atom stereocenters. The van der Waals surface area contributed by atoms with Crippen LogP contribution in [0.4, 0.5) is 18.9 Å². The number of benzene rings is 1. The standard InChI is InChI=1S/C9H9BrF3N3/c1-15-8(14)16-7-4-5(9(11,12)13)2-3-6(7)10/h2-4H,1H3,(H3,14,15,16). The Labute approximate surface area is 98.7 Å². The zero-order chi connectivity index (χ0) is 12.3. The zero-order valence-electron chi connectivity index (χ0n) is 8.27. The van der Waals surface area contributed by atoms with Crippen molar-refractivity contribution in [3.8, 4) is 0 Å². The van der Waals surface area contributed by atoms with E-state index in [-0.39, 0.29) is 11.6 Å². The monoisotopic (exact) mass is 295 g/mol. The molecule has 1 rings (SSSR count). The van der Waals surface area contributed by atoms with Crippen molar-refractivity contribution in [2.24, 2.45) is 10.7 Å². The Kier molecular flexibility index (Phi) is 3.79. The Morgan fingerprint density at radius 1 is 1.44 bits per heavy atom. The van der Waals surface area contributed by atoms with Gasteiger partial charge in [-0.2, -0.15) is 13.2 Å². The molecule has 0 aliphatic carbocycles. The fourth-order valence-corrected chi connectivity index (χ4v) is 1.34. The number of alkyl halides is 3. The number of nitrogens with two attached hydrogens (primary N) is 1. The van der Waals surface area contributed by atoms with Crippen LogP contribution in [0.2, 0.25) is 0 Å². The van der Waals surface area contributed by atoms with Crippen molar-refractivity contribution in [3.63, 3.8) is 0 Å². The smallest absolute Gasteiger partial charge is 0.370 e. The van der Waals surface area contributed by atoms with Crippen molar-refractivity contribution in [3.05, 3.63) is 28.2 Å². The van der Waals surface area contributed by atoms with Gasteiger partial charge in [-0.25, -0.2) is 0 Å². The summed E-state index contributed by atoms with van der Waals surface area (Å²) in [5, 5.41) is 2.55. The van der Waals surface area contributed by atoms with Gasteiger partial charge < -0.3 is 11.1 Å². The third kappa shape index (κ3) is 3.13. The summed E-state index contributed by atoms with van der Waals surface area (Å²) in [5.74, 6) is 0.0417. The van der Waals surface area contributed by atoms with E-state index in [2.05, 4.69) is 26.2 Å². The summed E-state index contributed by atoms with van der Waals surface area (Å²) in [6.45, 7) is 0. The lowest BCUT2D eigenvalue weighted by atomic mass is 10.2. The molecule has 0 bridgehead atoms. The summed E-state index contributed by atoms with van der Waals surface area (Å²) in [6.07, 6.45) is -4.38. The second-order valence-corrected chi connectivity index (χ2v) is 3.78. The number of guanidine groups is 1. The maximum absolute atomic E-state index is 12.4. The molecule has 0 heterocycles. The lowest BCUT2D eigenvalue weighted by molar-refractivity contribution is -0.137. The first-order valence-electron chi connectivity index (χ1n) is 4.20. The highest BCUT2D eigenvalue weighted by Gasteiger charge is 2.30. The first-order valence-corrected chi connectivity index (χ1v) is 5.00. The molecule has 3 nitrogen and oxygen atoms in total. The molecule has 3 N–H and O–H groups in total. The van der Waals surface area contributed by atoms with Crippen LogP contribution >= 0.6 is 15.9 Å². The third-order valence-electron chi connectivity index (χ3n) is 1.80. The highest BCUT2D eigenvalue weighted by molar-refractivity contribution is 9.10. The molecule has 0 saturated carbocycles. The Hall–Kier alpha value is -1.24. The molecule has 0 amide bonds. The Balaban J connectivity index is 3.09. The van der Waals surface area contributed by atoms with Crippen molar-refractivity contribution in [1.29, 1.82) is 0 Å². The molecular formula is C9H9BrF3N3. The highest BCUT2D eigenvalue weighted by Crippen LogP contribution is 2.33. The van der Waals surface area contributed by atoms with Crippen molar-refractivity contribution in [2.75, 3.05) is 12.4 Å². The van der Waals surface area contributed by atoms with Gasteiger partial charge in [-0.3, -0.25) is 4.99 Å². The van der Waals surface area contributed by atoms with E-state index >= 15 is 0 Å². The molecule has 0 aliphatic heterocycles. The van der Waals surface area contributed by atoms with Crippen LogP contribution in [-0.2, 0) is 6.18 Å². The van der Waals surface area contributed by atoms with Gasteiger partial charge in [0.15, 0.2) is 5.96 Å². The molecule has 0 aliphatic rings. The Morgan fingerprint density at radius 3 is 2.56 bits per heavy atom. The van der Waals surface area contributed by atoms with Gasteiger partial charge in [0.2, 0.25) is 0 Å². The largest absolute Gasteiger partial charge is 0.416 e. The fourth-order valence-electron chi connectivity index (χ4n) is 0.991. The van der Waals surface area contributed by atoms with Crippen molar-refractivity contribution >= 4 is 27.6 Å². The molecule has 1 aromatic rings. The number of hydrogen-bond acceptors (Lipinski definition) is 1. The number of nitrogens with zero attached hydrogens (tertiary/aromatic N) is 1. The van der Waals surface area contributed by atoms with Crippen LogP contribution in [0.1, 0.15) is 5.56 Å². The van der Waals surface area contributed by atoms with E-state index in [1.165, 1.54) is 13.1 Å². The maximum Gasteiger partial charge on any atom is 0.416 e. The predicted molar refractivity (Wildman–Crippen MR) is 60.3 cm³/mol. The number of rotatable bonds is 1. The van der Waals surface area contributed by atoms with Crippen molar-refractivity contribution in [1.82, 2.24) is 0 Å². The SMILES string of the molecule is CN=C(N)Nc1cc(C(F)(F)F)ccc1Br. The minimum Gasteiger partial charge on any atom is -0.370 e. The molecule has 88 valence electrons. The maximum atomic E-state index is 12.4. The number of anilines is 1. The van der Waals surface area contributed by atoms with E-state index in [9.17, 15) is 13.2 Å². The number of aliphatic imine (C=N–C) groups is 1. The molecule has 0 aromatic heterocycles. The number of nitrogens with one attached hydrogen (secondary N) is 1. The molecule has 0 fully saturated rings. The fraction of sp³-hybridized carbons (Fsp3) is 0.222. The Bertz CT molecular complexity index is 415. The molecule has 1 aromatic carbocycles. The summed E-state index contributed by atoms with van der Waals surface area (Å²) in [4.78, 5) is 3.60. The molecular weight excluding hydrogens is 287 g/mol. The van der Waals surface area contributed by atoms with E-state index in [1.54, 1.807) is 0 Å². The lowest BCUT2D eigenvalue weighted by Gasteiger charge is -2.11. The minimum absolute atomic E-state index is 0.0417. The van der Waals surface area contributed by atoms with Crippen LogP contribution in [0.3, 0.4) is 0 Å². The van der Waals surface area contributed by atoms with Gasteiger partial charge in [-0.1, -0.05) is 0 Å². The van der Waals surface area contributed by atoms with Crippen LogP contribution in [0, 0.1) is 0 Å². The minimum atomic E-state index is -4.38. The van der Waals surface area contributed by atoms with Gasteiger partial charge in [-0.15, -0.1) is 0 Å². The summed E-state index contributed by atoms with van der Waals surface area (Å²) < 4.78 is 37.7. The zero-order valence-corrected chi connectivity index (χ0v) is 9.85. The molecule has 0 unspecified atom stereocenters. The molecule has 16 heavy (non-hydrogen) atoms. The Morgan fingerprint density at radius 2 is 2.06 bits per heavy atom. The second kappa shape index (κ2) is 4.73. The normalized spacial score (nSPS) is 12.7. The van der Waals surface area contributed by atoms with Crippen LogP contribution in [0.15, 0.2) is 27.7 Å². The first kappa shape index (κ1) is 12.8. The van der Waals surface area contributed by atoms with Gasteiger partial charge in [0.05, 0.1) is 11.3 Å². The quantitative estimate of drug-likeness (QED) is 0.618.